The number of aromatic nitrogens is 2. The number of carboxylic acid groups (broad SMARTS) is 1. The fourth-order valence-corrected chi connectivity index (χ4v) is 3.22. The molecule has 0 aliphatic carbocycles. The first-order valence-corrected chi connectivity index (χ1v) is 8.13. The molecule has 2 N–H and O–H groups in total. The van der Waals surface area contributed by atoms with Crippen LogP contribution in [0.25, 0.3) is 5.13 Å². The second-order valence-electron chi connectivity index (χ2n) is 6.55. The van der Waals surface area contributed by atoms with Crippen molar-refractivity contribution in [1.29, 1.82) is 0 Å². The van der Waals surface area contributed by atoms with Crippen LogP contribution in [0, 0.1) is 19.3 Å². The van der Waals surface area contributed by atoms with Crippen LogP contribution in [0.4, 0.5) is 0 Å². The molecule has 2 rings (SSSR count). The van der Waals surface area contributed by atoms with Gasteiger partial charge in [0.15, 0.2) is 5.13 Å². The molecule has 7 heteroatoms. The van der Waals surface area contributed by atoms with Crippen LogP contribution in [0.1, 0.15) is 42.5 Å². The Morgan fingerprint density at radius 3 is 2.48 bits per heavy atom. The molecule has 6 nitrogen and oxygen atoms in total. The lowest BCUT2D eigenvalue weighted by Gasteiger charge is -2.27. The smallest absolute Gasteiger partial charge is 0.326 e. The number of rotatable bonds is 4. The predicted molar refractivity (Wildman–Crippen MR) is 89.3 cm³/mol. The van der Waals surface area contributed by atoms with Crippen molar-refractivity contribution in [2.75, 3.05) is 0 Å². The van der Waals surface area contributed by atoms with Gasteiger partial charge in [-0.25, -0.2) is 9.78 Å². The molecule has 2 aromatic rings. The second kappa shape index (κ2) is 6.16. The summed E-state index contributed by atoms with van der Waals surface area (Å²) >= 11 is 1.48. The monoisotopic (exact) mass is 335 g/mol. The largest absolute Gasteiger partial charge is 0.480 e. The molecule has 1 unspecified atom stereocenters. The number of amides is 1. The van der Waals surface area contributed by atoms with Gasteiger partial charge in [-0.2, -0.15) is 0 Å². The number of nitrogens with one attached hydrogen (secondary N) is 1. The van der Waals surface area contributed by atoms with Crippen LogP contribution in [-0.4, -0.2) is 32.6 Å². The van der Waals surface area contributed by atoms with Crippen molar-refractivity contribution in [1.82, 2.24) is 14.9 Å². The Morgan fingerprint density at radius 2 is 2.00 bits per heavy atom. The summed E-state index contributed by atoms with van der Waals surface area (Å²) in [6.45, 7) is 9.07. The summed E-state index contributed by atoms with van der Waals surface area (Å²) in [5.74, 6) is -1.43. The fourth-order valence-electron chi connectivity index (χ4n) is 2.47. The van der Waals surface area contributed by atoms with Crippen LogP contribution in [0.15, 0.2) is 17.6 Å². The number of aliphatic carboxylic acids is 1. The summed E-state index contributed by atoms with van der Waals surface area (Å²) in [6, 6.07) is 0.797. The Bertz CT molecular complexity index is 727. The third-order valence-electron chi connectivity index (χ3n) is 3.67. The number of carbonyl (C=O) groups is 2. The molecule has 0 radical (unpaired) electrons. The van der Waals surface area contributed by atoms with E-state index in [4.69, 9.17) is 0 Å². The maximum atomic E-state index is 12.6. The van der Waals surface area contributed by atoms with E-state index in [0.717, 1.165) is 16.5 Å². The Labute approximate surface area is 139 Å². The fraction of sp³-hybridized carbons (Fsp3) is 0.438. The van der Waals surface area contributed by atoms with Crippen LogP contribution in [0.5, 0.6) is 0 Å². The number of nitrogens with zero attached hydrogens (tertiary/aromatic N) is 2. The molecule has 1 atom stereocenters. The molecule has 124 valence electrons. The number of thiazole rings is 1. The summed E-state index contributed by atoms with van der Waals surface area (Å²) < 4.78 is 1.90. The molecule has 0 spiro atoms. The van der Waals surface area contributed by atoms with E-state index >= 15 is 0 Å². The van der Waals surface area contributed by atoms with Gasteiger partial charge in [0.05, 0.1) is 5.56 Å². The molecule has 0 bridgehead atoms. The van der Waals surface area contributed by atoms with Gasteiger partial charge >= 0.3 is 5.97 Å². The summed E-state index contributed by atoms with van der Waals surface area (Å²) in [6.07, 6.45) is 1.71. The lowest BCUT2D eigenvalue weighted by molar-refractivity contribution is -0.142. The summed E-state index contributed by atoms with van der Waals surface area (Å²) in [5.41, 5.74) is 1.51. The third kappa shape index (κ3) is 3.44. The van der Waals surface area contributed by atoms with E-state index in [1.807, 2.05) is 23.8 Å². The van der Waals surface area contributed by atoms with E-state index in [0.29, 0.717) is 5.56 Å². The highest BCUT2D eigenvalue weighted by Gasteiger charge is 2.33. The van der Waals surface area contributed by atoms with Gasteiger partial charge in [0.25, 0.3) is 5.91 Å². The van der Waals surface area contributed by atoms with Crippen molar-refractivity contribution in [2.45, 2.75) is 40.7 Å². The molecule has 2 heterocycles. The second-order valence-corrected chi connectivity index (χ2v) is 7.42. The molecule has 0 aliphatic heterocycles. The minimum atomic E-state index is -1.04. The number of hydrogen-bond donors (Lipinski definition) is 2. The molecule has 23 heavy (non-hydrogen) atoms. The first kappa shape index (κ1) is 17.2. The first-order valence-electron chi connectivity index (χ1n) is 7.25. The highest BCUT2D eigenvalue weighted by atomic mass is 32.1. The standard InChI is InChI=1S/C16H21N3O3S/c1-9-8-11(10(2)19(9)15-17-6-7-23-15)13(20)18-12(14(21)22)16(3,4)5/h6-8,12H,1-5H3,(H,18,20)(H,21,22). The van der Waals surface area contributed by atoms with Crippen molar-refractivity contribution in [2.24, 2.45) is 5.41 Å². The van der Waals surface area contributed by atoms with Gasteiger partial charge in [-0.1, -0.05) is 20.8 Å². The zero-order valence-corrected chi connectivity index (χ0v) is 14.7. The van der Waals surface area contributed by atoms with Crippen LogP contribution in [0.2, 0.25) is 0 Å². The number of aryl methyl sites for hydroxylation is 1. The van der Waals surface area contributed by atoms with Crippen LogP contribution < -0.4 is 5.32 Å². The maximum Gasteiger partial charge on any atom is 0.326 e. The van der Waals surface area contributed by atoms with Gasteiger partial charge in [-0.15, -0.1) is 11.3 Å². The van der Waals surface area contributed by atoms with Gasteiger partial charge < -0.3 is 10.4 Å². The van der Waals surface area contributed by atoms with E-state index < -0.39 is 17.4 Å². The van der Waals surface area contributed by atoms with Gasteiger partial charge in [-0.3, -0.25) is 9.36 Å². The molecule has 1 amide bonds. The SMILES string of the molecule is Cc1cc(C(=O)NC(C(=O)O)C(C)(C)C)c(C)n1-c1nccs1. The normalized spacial score (nSPS) is 12.9. The molecule has 0 saturated carbocycles. The number of hydrogen-bond acceptors (Lipinski definition) is 4. The Hall–Kier alpha value is -2.15. The third-order valence-corrected chi connectivity index (χ3v) is 4.43. The minimum absolute atomic E-state index is 0.386. The van der Waals surface area contributed by atoms with Crippen molar-refractivity contribution >= 4 is 23.2 Å². The highest BCUT2D eigenvalue weighted by Crippen LogP contribution is 2.24. The van der Waals surface area contributed by atoms with E-state index in [1.165, 1.54) is 11.3 Å². The zero-order valence-electron chi connectivity index (χ0n) is 13.9. The van der Waals surface area contributed by atoms with Crippen LogP contribution >= 0.6 is 11.3 Å². The Morgan fingerprint density at radius 1 is 1.35 bits per heavy atom. The highest BCUT2D eigenvalue weighted by molar-refractivity contribution is 7.12. The Balaban J connectivity index is 2.34. The summed E-state index contributed by atoms with van der Waals surface area (Å²) in [5, 5.41) is 14.6. The Kier molecular flexibility index (Phi) is 4.61. The average molecular weight is 335 g/mol. The molecule has 2 aromatic heterocycles. The molecule has 0 aliphatic rings. The quantitative estimate of drug-likeness (QED) is 0.900. The number of carbonyl (C=O) groups excluding carboxylic acids is 1. The topological polar surface area (TPSA) is 84.2 Å². The van der Waals surface area contributed by atoms with Crippen LogP contribution in [0.3, 0.4) is 0 Å². The molecule has 0 saturated heterocycles. The molecule has 0 aromatic carbocycles. The predicted octanol–water partition coefficient (Wildman–Crippen LogP) is 2.78. The van der Waals surface area contributed by atoms with Gasteiger partial charge in [0.1, 0.15) is 6.04 Å². The molecular formula is C16H21N3O3S. The average Bonchev–Trinajstić information content (AvgIpc) is 3.02. The van der Waals surface area contributed by atoms with Crippen molar-refractivity contribution < 1.29 is 14.7 Å². The van der Waals surface area contributed by atoms with Crippen molar-refractivity contribution in [3.63, 3.8) is 0 Å². The minimum Gasteiger partial charge on any atom is -0.480 e. The maximum absolute atomic E-state index is 12.6. The zero-order chi connectivity index (χ0) is 17.4. The molecular weight excluding hydrogens is 314 g/mol. The van der Waals surface area contributed by atoms with Gasteiger partial charge in [0.2, 0.25) is 0 Å². The van der Waals surface area contributed by atoms with E-state index in [-0.39, 0.29) is 5.91 Å². The summed E-state index contributed by atoms with van der Waals surface area (Å²) in [7, 11) is 0. The lowest BCUT2D eigenvalue weighted by Crippen LogP contribution is -2.49. The van der Waals surface area contributed by atoms with Crippen molar-refractivity contribution in [3.05, 3.63) is 34.6 Å². The van der Waals surface area contributed by atoms with E-state index in [1.54, 1.807) is 33.0 Å². The van der Waals surface area contributed by atoms with Crippen molar-refractivity contribution in [3.8, 4) is 5.13 Å². The van der Waals surface area contributed by atoms with E-state index in [2.05, 4.69) is 10.3 Å². The molecule has 0 fully saturated rings. The van der Waals surface area contributed by atoms with Crippen LogP contribution in [-0.2, 0) is 4.79 Å². The van der Waals surface area contributed by atoms with Gasteiger partial charge in [0, 0.05) is 23.0 Å². The van der Waals surface area contributed by atoms with Gasteiger partial charge in [-0.05, 0) is 25.3 Å². The first-order chi connectivity index (χ1) is 10.6. The summed E-state index contributed by atoms with van der Waals surface area (Å²) in [4.78, 5) is 28.3. The number of carboxylic acids is 1. The lowest BCUT2D eigenvalue weighted by atomic mass is 9.86. The van der Waals surface area contributed by atoms with E-state index in [9.17, 15) is 14.7 Å².